The average molecular weight is 558 g/mol. The first-order chi connectivity index (χ1) is 20.0. The predicted octanol–water partition coefficient (Wildman–Crippen LogP) is 6.17. The van der Waals surface area contributed by atoms with Crippen LogP contribution in [0.15, 0.2) is 79.0 Å². The van der Waals surface area contributed by atoms with Crippen molar-refractivity contribution in [2.24, 2.45) is 10.7 Å². The van der Waals surface area contributed by atoms with Crippen LogP contribution in [-0.2, 0) is 30.8 Å². The van der Waals surface area contributed by atoms with Crippen molar-refractivity contribution in [1.29, 1.82) is 0 Å². The van der Waals surface area contributed by atoms with Crippen molar-refractivity contribution in [3.8, 4) is 0 Å². The second-order valence-electron chi connectivity index (χ2n) is 10.5. The molecule has 0 aliphatic rings. The van der Waals surface area contributed by atoms with Crippen molar-refractivity contribution in [1.82, 2.24) is 15.5 Å². The number of carbonyl (C=O) groups excluding carboxylic acids is 1. The van der Waals surface area contributed by atoms with E-state index in [0.717, 1.165) is 37.9 Å². The molecule has 0 saturated heterocycles. The number of hydrogen-bond donors (Lipinski definition) is 3. The molecule has 0 bridgehead atoms. The van der Waals surface area contributed by atoms with E-state index in [-0.39, 0.29) is 11.9 Å². The number of benzene rings is 2. The fourth-order valence-corrected chi connectivity index (χ4v) is 4.97. The van der Waals surface area contributed by atoms with Gasteiger partial charge in [-0.3, -0.25) is 14.7 Å². The Morgan fingerprint density at radius 1 is 1.05 bits per heavy atom. The van der Waals surface area contributed by atoms with Gasteiger partial charge >= 0.3 is 0 Å². The summed E-state index contributed by atoms with van der Waals surface area (Å²) in [5.74, 6) is 0.0491. The number of nitrogens with two attached hydrogens (primary N) is 1. The number of aryl methyl sites for hydroxylation is 1. The van der Waals surface area contributed by atoms with Gasteiger partial charge in [0.25, 0.3) is 0 Å². The first-order valence-electron chi connectivity index (χ1n) is 14.9. The standard InChI is InChI=1S/C35H51N5O/c1-5-7-18-34(35(41)37-3)40(4)28-33-25-29(19-20-32(33)6-2)15-11-9-8-10-12-22-38-26-30-16-13-17-31(24-30)27-39-23-14-21-36/h5-6,13-14,16-17,19-21,23-25,34,38H,1-2,7-12,15,18,22,26-28,36H2,3-4H3,(H,37,41). The number of amides is 1. The topological polar surface area (TPSA) is 82.8 Å². The van der Waals surface area contributed by atoms with Gasteiger partial charge in [-0.05, 0) is 85.8 Å². The molecule has 1 unspecified atom stereocenters. The van der Waals surface area contributed by atoms with Crippen molar-refractivity contribution in [2.75, 3.05) is 20.6 Å². The van der Waals surface area contributed by atoms with Crippen molar-refractivity contribution in [2.45, 2.75) is 77.0 Å². The Morgan fingerprint density at radius 2 is 1.83 bits per heavy atom. The van der Waals surface area contributed by atoms with Gasteiger partial charge in [-0.2, -0.15) is 0 Å². The third-order valence-electron chi connectivity index (χ3n) is 7.29. The van der Waals surface area contributed by atoms with Crippen molar-refractivity contribution in [3.05, 3.63) is 102 Å². The van der Waals surface area contributed by atoms with Crippen LogP contribution in [0.1, 0.15) is 72.8 Å². The number of likely N-dealkylation sites (N-methyl/N-ethyl adjacent to an activating group) is 2. The molecule has 0 fully saturated rings. The minimum absolute atomic E-state index is 0.0491. The minimum atomic E-state index is -0.178. The zero-order valence-corrected chi connectivity index (χ0v) is 25.3. The second kappa shape index (κ2) is 20.4. The molecule has 2 rings (SSSR count). The quantitative estimate of drug-likeness (QED) is 0.0974. The van der Waals surface area contributed by atoms with E-state index in [0.29, 0.717) is 13.1 Å². The van der Waals surface area contributed by atoms with Gasteiger partial charge in [0.15, 0.2) is 0 Å². The summed E-state index contributed by atoms with van der Waals surface area (Å²) in [4.78, 5) is 18.9. The average Bonchev–Trinajstić information content (AvgIpc) is 2.99. The van der Waals surface area contributed by atoms with E-state index in [1.165, 1.54) is 60.6 Å². The number of allylic oxidation sites excluding steroid dienone is 2. The number of carbonyl (C=O) groups is 1. The summed E-state index contributed by atoms with van der Waals surface area (Å²) in [6, 6.07) is 15.1. The number of hydrogen-bond acceptors (Lipinski definition) is 5. The van der Waals surface area contributed by atoms with Gasteiger partial charge in [0.1, 0.15) is 0 Å². The highest BCUT2D eigenvalue weighted by atomic mass is 16.2. The summed E-state index contributed by atoms with van der Waals surface area (Å²) in [6.45, 7) is 11.1. The van der Waals surface area contributed by atoms with Crippen LogP contribution in [0.3, 0.4) is 0 Å². The van der Waals surface area contributed by atoms with Crippen molar-refractivity contribution in [3.63, 3.8) is 0 Å². The van der Waals surface area contributed by atoms with Gasteiger partial charge in [0.05, 0.1) is 12.6 Å². The molecule has 41 heavy (non-hydrogen) atoms. The fraction of sp³-hybridized carbons (Fsp3) is 0.429. The van der Waals surface area contributed by atoms with E-state index in [2.05, 4.69) is 76.1 Å². The van der Waals surface area contributed by atoms with E-state index in [1.807, 2.05) is 19.2 Å². The highest BCUT2D eigenvalue weighted by Crippen LogP contribution is 2.20. The summed E-state index contributed by atoms with van der Waals surface area (Å²) in [7, 11) is 3.72. The summed E-state index contributed by atoms with van der Waals surface area (Å²) in [5.41, 5.74) is 11.5. The highest BCUT2D eigenvalue weighted by molar-refractivity contribution is 5.81. The largest absolute Gasteiger partial charge is 0.405 e. The number of rotatable bonds is 21. The zero-order chi connectivity index (χ0) is 29.7. The van der Waals surface area contributed by atoms with Gasteiger partial charge in [-0.25, -0.2) is 0 Å². The second-order valence-corrected chi connectivity index (χ2v) is 10.5. The number of nitrogens with zero attached hydrogens (tertiary/aromatic N) is 2. The third kappa shape index (κ3) is 13.2. The summed E-state index contributed by atoms with van der Waals surface area (Å²) in [5, 5.41) is 6.38. The van der Waals surface area contributed by atoms with E-state index < -0.39 is 0 Å². The van der Waals surface area contributed by atoms with Crippen LogP contribution in [0.2, 0.25) is 0 Å². The lowest BCUT2D eigenvalue weighted by Gasteiger charge is -2.27. The van der Waals surface area contributed by atoms with Crippen LogP contribution in [0.4, 0.5) is 0 Å². The SMILES string of the molecule is C=CCCC(C(=O)NC)N(C)Cc1cc(CCCCCCCNCc2cccc(CN=CC=CN)c2)ccc1C=C. The molecule has 6 heteroatoms. The lowest BCUT2D eigenvalue weighted by atomic mass is 9.98. The molecule has 2 aromatic carbocycles. The van der Waals surface area contributed by atoms with Crippen LogP contribution in [0, 0.1) is 0 Å². The maximum atomic E-state index is 12.5. The molecule has 0 heterocycles. The zero-order valence-electron chi connectivity index (χ0n) is 25.3. The summed E-state index contributed by atoms with van der Waals surface area (Å²) >= 11 is 0. The van der Waals surface area contributed by atoms with Crippen LogP contribution < -0.4 is 16.4 Å². The number of nitrogens with one attached hydrogen (secondary N) is 2. The van der Waals surface area contributed by atoms with Gasteiger partial charge in [0.2, 0.25) is 5.91 Å². The molecule has 0 aromatic heterocycles. The van der Waals surface area contributed by atoms with Gasteiger partial charge < -0.3 is 16.4 Å². The first kappa shape index (κ1) is 33.7. The van der Waals surface area contributed by atoms with Crippen LogP contribution >= 0.6 is 0 Å². The Balaban J connectivity index is 1.70. The normalized spacial score (nSPS) is 12.3. The molecule has 1 amide bonds. The molecule has 0 saturated carbocycles. The maximum absolute atomic E-state index is 12.5. The van der Waals surface area contributed by atoms with Gasteiger partial charge in [-0.1, -0.05) is 80.5 Å². The van der Waals surface area contributed by atoms with E-state index in [9.17, 15) is 4.79 Å². The molecule has 0 aliphatic carbocycles. The lowest BCUT2D eigenvalue weighted by Crippen LogP contribution is -2.43. The lowest BCUT2D eigenvalue weighted by molar-refractivity contribution is -0.125. The van der Waals surface area contributed by atoms with Crippen molar-refractivity contribution < 1.29 is 4.79 Å². The Hall–Kier alpha value is -3.48. The molecule has 1 atom stereocenters. The highest BCUT2D eigenvalue weighted by Gasteiger charge is 2.22. The molecule has 0 spiro atoms. The molecule has 6 nitrogen and oxygen atoms in total. The molecule has 4 N–H and O–H groups in total. The fourth-order valence-electron chi connectivity index (χ4n) is 4.97. The molecule has 2 aromatic rings. The van der Waals surface area contributed by atoms with Gasteiger partial charge in [-0.15, -0.1) is 6.58 Å². The summed E-state index contributed by atoms with van der Waals surface area (Å²) in [6.07, 6.45) is 17.5. The first-order valence-corrected chi connectivity index (χ1v) is 14.9. The predicted molar refractivity (Wildman–Crippen MR) is 176 cm³/mol. The Labute approximate surface area is 248 Å². The number of unbranched alkanes of at least 4 members (excludes halogenated alkanes) is 4. The van der Waals surface area contributed by atoms with E-state index >= 15 is 0 Å². The molecular weight excluding hydrogens is 506 g/mol. The van der Waals surface area contributed by atoms with Crippen molar-refractivity contribution >= 4 is 18.2 Å². The smallest absolute Gasteiger partial charge is 0.237 e. The van der Waals surface area contributed by atoms with Crippen LogP contribution in [0.25, 0.3) is 6.08 Å². The molecule has 0 radical (unpaired) electrons. The van der Waals surface area contributed by atoms with Crippen LogP contribution in [0.5, 0.6) is 0 Å². The minimum Gasteiger partial charge on any atom is -0.405 e. The molecule has 0 aliphatic heterocycles. The Kier molecular flexibility index (Phi) is 16.8. The number of aliphatic imine (C=N–C) groups is 1. The Morgan fingerprint density at radius 3 is 2.59 bits per heavy atom. The van der Waals surface area contributed by atoms with E-state index in [4.69, 9.17) is 5.73 Å². The monoisotopic (exact) mass is 557 g/mol. The third-order valence-corrected chi connectivity index (χ3v) is 7.29. The Bertz CT molecular complexity index is 1120. The molecular formula is C35H51N5O. The van der Waals surface area contributed by atoms with E-state index in [1.54, 1.807) is 19.3 Å². The summed E-state index contributed by atoms with van der Waals surface area (Å²) < 4.78 is 0. The van der Waals surface area contributed by atoms with Crippen LogP contribution in [-0.4, -0.2) is 43.7 Å². The molecule has 222 valence electrons. The maximum Gasteiger partial charge on any atom is 0.237 e. The van der Waals surface area contributed by atoms with Gasteiger partial charge in [0, 0.05) is 26.4 Å².